The minimum atomic E-state index is 0. The number of hydrogen-bond donors (Lipinski definition) is 2. The van der Waals surface area contributed by atoms with Crippen LogP contribution in [0.2, 0.25) is 0 Å². The Morgan fingerprint density at radius 1 is 1.32 bits per heavy atom. The molecular formula is C13H23IN4O. The second kappa shape index (κ2) is 10.8. The van der Waals surface area contributed by atoms with Crippen molar-refractivity contribution in [3.05, 3.63) is 23.9 Å². The fourth-order valence-electron chi connectivity index (χ4n) is 1.40. The summed E-state index contributed by atoms with van der Waals surface area (Å²) < 4.78 is 5.08. The number of pyridine rings is 1. The molecule has 0 amide bonds. The van der Waals surface area contributed by atoms with Gasteiger partial charge >= 0.3 is 0 Å². The molecule has 1 aromatic rings. The van der Waals surface area contributed by atoms with Crippen molar-refractivity contribution in [1.82, 2.24) is 15.6 Å². The number of methoxy groups -OCH3 is 1. The zero-order chi connectivity index (χ0) is 13.2. The molecule has 0 fully saturated rings. The third-order valence-corrected chi connectivity index (χ3v) is 2.28. The molecule has 5 nitrogen and oxygen atoms in total. The predicted octanol–water partition coefficient (Wildman–Crippen LogP) is 2.17. The van der Waals surface area contributed by atoms with Gasteiger partial charge < -0.3 is 15.4 Å². The number of nitrogens with zero attached hydrogens (tertiary/aromatic N) is 2. The van der Waals surface area contributed by atoms with Gasteiger partial charge in [0.15, 0.2) is 5.96 Å². The molecule has 6 heteroatoms. The molecule has 108 valence electrons. The number of halogens is 1. The molecule has 0 unspecified atom stereocenters. The largest absolute Gasteiger partial charge is 0.481 e. The van der Waals surface area contributed by atoms with Gasteiger partial charge in [0.05, 0.1) is 19.3 Å². The van der Waals surface area contributed by atoms with Crippen LogP contribution >= 0.6 is 24.0 Å². The highest BCUT2D eigenvalue weighted by Gasteiger charge is 1.99. The van der Waals surface area contributed by atoms with E-state index in [0.29, 0.717) is 12.4 Å². The van der Waals surface area contributed by atoms with Crippen LogP contribution in [0.15, 0.2) is 23.2 Å². The summed E-state index contributed by atoms with van der Waals surface area (Å²) in [7, 11) is 1.61. The van der Waals surface area contributed by atoms with E-state index in [-0.39, 0.29) is 24.0 Å². The van der Waals surface area contributed by atoms with E-state index < -0.39 is 0 Å². The first-order valence-electron chi connectivity index (χ1n) is 6.32. The lowest BCUT2D eigenvalue weighted by Gasteiger charge is -2.10. The molecule has 0 aliphatic carbocycles. The normalized spacial score (nSPS) is 10.6. The van der Waals surface area contributed by atoms with Gasteiger partial charge in [0, 0.05) is 19.2 Å². The van der Waals surface area contributed by atoms with E-state index in [1.807, 2.05) is 25.1 Å². The molecule has 0 saturated carbocycles. The molecule has 0 spiro atoms. The van der Waals surface area contributed by atoms with Crippen LogP contribution in [0.25, 0.3) is 0 Å². The van der Waals surface area contributed by atoms with Gasteiger partial charge in [-0.25, -0.2) is 9.98 Å². The first-order valence-corrected chi connectivity index (χ1v) is 6.32. The number of aromatic nitrogens is 1. The Hall–Kier alpha value is -1.05. The Bertz CT molecular complexity index is 385. The molecule has 1 aromatic heterocycles. The zero-order valence-corrected chi connectivity index (χ0v) is 14.1. The number of rotatable bonds is 6. The van der Waals surface area contributed by atoms with Gasteiger partial charge in [0.1, 0.15) is 0 Å². The van der Waals surface area contributed by atoms with Crippen molar-refractivity contribution >= 4 is 29.9 Å². The fourth-order valence-corrected chi connectivity index (χ4v) is 1.40. The molecule has 0 atom stereocenters. The summed E-state index contributed by atoms with van der Waals surface area (Å²) in [6.07, 6.45) is 1.07. The average Bonchev–Trinajstić information content (AvgIpc) is 2.42. The lowest BCUT2D eigenvalue weighted by Crippen LogP contribution is -2.37. The van der Waals surface area contributed by atoms with Crippen molar-refractivity contribution in [2.75, 3.05) is 20.2 Å². The summed E-state index contributed by atoms with van der Waals surface area (Å²) in [6.45, 7) is 6.47. The van der Waals surface area contributed by atoms with Crippen molar-refractivity contribution in [3.8, 4) is 5.88 Å². The predicted molar refractivity (Wildman–Crippen MR) is 89.3 cm³/mol. The second-order valence-corrected chi connectivity index (χ2v) is 3.79. The van der Waals surface area contributed by atoms with Crippen molar-refractivity contribution in [3.63, 3.8) is 0 Å². The molecule has 0 saturated heterocycles. The van der Waals surface area contributed by atoms with Crippen LogP contribution in [0.1, 0.15) is 26.0 Å². The van der Waals surface area contributed by atoms with E-state index in [4.69, 9.17) is 4.74 Å². The zero-order valence-electron chi connectivity index (χ0n) is 11.8. The molecular weight excluding hydrogens is 355 g/mol. The molecule has 0 aliphatic rings. The summed E-state index contributed by atoms with van der Waals surface area (Å²) in [5.41, 5.74) is 0.892. The lowest BCUT2D eigenvalue weighted by atomic mass is 10.3. The third-order valence-electron chi connectivity index (χ3n) is 2.28. The van der Waals surface area contributed by atoms with Gasteiger partial charge in [-0.1, -0.05) is 13.0 Å². The molecule has 1 heterocycles. The smallest absolute Gasteiger partial charge is 0.213 e. The fraction of sp³-hybridized carbons (Fsp3) is 0.538. The van der Waals surface area contributed by atoms with Crippen LogP contribution in [0.5, 0.6) is 5.88 Å². The number of aliphatic imine (C=N–C) groups is 1. The first kappa shape index (κ1) is 17.9. The maximum atomic E-state index is 5.08. The maximum absolute atomic E-state index is 5.08. The standard InChI is InChI=1S/C13H22N4O.HI/c1-4-9-15-13(14-5-2)16-10-11-7-6-8-12(17-11)18-3;/h6-8H,4-5,9-10H2,1-3H3,(H2,14,15,16);1H. The number of hydrogen-bond acceptors (Lipinski definition) is 3. The van der Waals surface area contributed by atoms with E-state index in [0.717, 1.165) is 31.2 Å². The van der Waals surface area contributed by atoms with E-state index in [1.54, 1.807) is 7.11 Å². The summed E-state index contributed by atoms with van der Waals surface area (Å²) in [6, 6.07) is 5.69. The minimum absolute atomic E-state index is 0. The SMILES string of the molecule is CCCNC(=NCc1cccc(OC)n1)NCC.I. The molecule has 19 heavy (non-hydrogen) atoms. The highest BCUT2D eigenvalue weighted by molar-refractivity contribution is 14.0. The van der Waals surface area contributed by atoms with Crippen LogP contribution in [0.4, 0.5) is 0 Å². The summed E-state index contributed by atoms with van der Waals surface area (Å²) in [5.74, 6) is 1.44. The van der Waals surface area contributed by atoms with E-state index >= 15 is 0 Å². The summed E-state index contributed by atoms with van der Waals surface area (Å²) in [5, 5.41) is 6.45. The van der Waals surface area contributed by atoms with Gasteiger partial charge in [-0.2, -0.15) is 0 Å². The van der Waals surface area contributed by atoms with Gasteiger partial charge in [-0.05, 0) is 19.4 Å². The van der Waals surface area contributed by atoms with Gasteiger partial charge in [-0.3, -0.25) is 0 Å². The molecule has 1 rings (SSSR count). The van der Waals surface area contributed by atoms with Gasteiger partial charge in [-0.15, -0.1) is 24.0 Å². The third kappa shape index (κ3) is 7.19. The quantitative estimate of drug-likeness (QED) is 0.453. The summed E-state index contributed by atoms with van der Waals surface area (Å²) >= 11 is 0. The van der Waals surface area contributed by atoms with E-state index in [1.165, 1.54) is 0 Å². The van der Waals surface area contributed by atoms with Gasteiger partial charge in [0.25, 0.3) is 0 Å². The van der Waals surface area contributed by atoms with E-state index in [9.17, 15) is 0 Å². The Morgan fingerprint density at radius 2 is 2.11 bits per heavy atom. The van der Waals surface area contributed by atoms with Crippen LogP contribution in [-0.4, -0.2) is 31.1 Å². The van der Waals surface area contributed by atoms with Crippen LogP contribution < -0.4 is 15.4 Å². The topological polar surface area (TPSA) is 58.5 Å². The van der Waals surface area contributed by atoms with Crippen molar-refractivity contribution in [2.45, 2.75) is 26.8 Å². The lowest BCUT2D eigenvalue weighted by molar-refractivity contribution is 0.396. The number of guanidine groups is 1. The highest BCUT2D eigenvalue weighted by Crippen LogP contribution is 2.07. The molecule has 0 aromatic carbocycles. The Balaban J connectivity index is 0.00000324. The highest BCUT2D eigenvalue weighted by atomic mass is 127. The Kier molecular flexibility index (Phi) is 10.2. The molecule has 0 radical (unpaired) electrons. The van der Waals surface area contributed by atoms with Gasteiger partial charge in [0.2, 0.25) is 5.88 Å². The minimum Gasteiger partial charge on any atom is -0.481 e. The van der Waals surface area contributed by atoms with Crippen LogP contribution in [-0.2, 0) is 6.54 Å². The molecule has 2 N–H and O–H groups in total. The second-order valence-electron chi connectivity index (χ2n) is 3.79. The number of nitrogens with one attached hydrogen (secondary N) is 2. The summed E-state index contributed by atoms with van der Waals surface area (Å²) in [4.78, 5) is 8.79. The van der Waals surface area contributed by atoms with Crippen LogP contribution in [0, 0.1) is 0 Å². The van der Waals surface area contributed by atoms with E-state index in [2.05, 4.69) is 27.5 Å². The van der Waals surface area contributed by atoms with Crippen molar-refractivity contribution < 1.29 is 4.74 Å². The van der Waals surface area contributed by atoms with Crippen LogP contribution in [0.3, 0.4) is 0 Å². The molecule has 0 aliphatic heterocycles. The van der Waals surface area contributed by atoms with Crippen molar-refractivity contribution in [2.24, 2.45) is 4.99 Å². The van der Waals surface area contributed by atoms with Crippen molar-refractivity contribution in [1.29, 1.82) is 0 Å². The average molecular weight is 378 g/mol. The maximum Gasteiger partial charge on any atom is 0.213 e. The monoisotopic (exact) mass is 378 g/mol. The molecule has 0 bridgehead atoms. The first-order chi connectivity index (χ1) is 8.80. The Morgan fingerprint density at radius 3 is 2.74 bits per heavy atom. The number of ether oxygens (including phenoxy) is 1. The Labute approximate surface area is 132 Å².